The summed E-state index contributed by atoms with van der Waals surface area (Å²) in [4.78, 5) is 0. The maximum atomic E-state index is 3.79. The predicted octanol–water partition coefficient (Wildman–Crippen LogP) is 2.15. The van der Waals surface area contributed by atoms with Crippen molar-refractivity contribution >= 4 is 0 Å². The highest BCUT2D eigenvalue weighted by molar-refractivity contribution is 4.96. The second-order valence-corrected chi connectivity index (χ2v) is 5.55. The van der Waals surface area contributed by atoms with E-state index >= 15 is 0 Å². The van der Waals surface area contributed by atoms with E-state index in [0.717, 1.165) is 12.0 Å². The van der Waals surface area contributed by atoms with E-state index in [0.29, 0.717) is 5.41 Å². The van der Waals surface area contributed by atoms with Gasteiger partial charge in [0.2, 0.25) is 0 Å². The fourth-order valence-corrected chi connectivity index (χ4v) is 2.91. The van der Waals surface area contributed by atoms with E-state index in [-0.39, 0.29) is 0 Å². The Morgan fingerprint density at radius 2 is 2.27 bits per heavy atom. The molecule has 0 amide bonds. The minimum atomic E-state index is 0.569. The van der Waals surface area contributed by atoms with Crippen LogP contribution >= 0.6 is 0 Å². The molecule has 0 aromatic heterocycles. The van der Waals surface area contributed by atoms with Crippen LogP contribution in [0.1, 0.15) is 46.0 Å². The Balaban J connectivity index is 1.69. The smallest absolute Gasteiger partial charge is 0.00993 e. The molecule has 1 saturated carbocycles. The molecule has 0 spiro atoms. The number of hydrogen-bond donors (Lipinski definition) is 2. The third kappa shape index (κ3) is 2.73. The van der Waals surface area contributed by atoms with Crippen LogP contribution in [-0.4, -0.2) is 25.7 Å². The number of hydrogen-bond acceptors (Lipinski definition) is 2. The minimum absolute atomic E-state index is 0.569. The molecule has 1 heterocycles. The number of rotatable bonds is 6. The third-order valence-electron chi connectivity index (χ3n) is 4.40. The zero-order valence-electron chi connectivity index (χ0n) is 10.3. The molecular formula is C13H26N2. The van der Waals surface area contributed by atoms with Gasteiger partial charge in [-0.15, -0.1) is 0 Å². The van der Waals surface area contributed by atoms with Crippen molar-refractivity contribution in [3.05, 3.63) is 0 Å². The Morgan fingerprint density at radius 1 is 1.40 bits per heavy atom. The van der Waals surface area contributed by atoms with E-state index in [1.54, 1.807) is 0 Å². The molecule has 2 nitrogen and oxygen atoms in total. The molecular weight excluding hydrogens is 184 g/mol. The molecule has 15 heavy (non-hydrogen) atoms. The first kappa shape index (κ1) is 11.4. The Morgan fingerprint density at radius 3 is 2.87 bits per heavy atom. The summed E-state index contributed by atoms with van der Waals surface area (Å²) in [6, 6.07) is 0.856. The van der Waals surface area contributed by atoms with Gasteiger partial charge in [0.25, 0.3) is 0 Å². The zero-order chi connectivity index (χ0) is 10.7. The summed E-state index contributed by atoms with van der Waals surface area (Å²) in [6.07, 6.45) is 6.89. The average molecular weight is 210 g/mol. The van der Waals surface area contributed by atoms with Gasteiger partial charge in [-0.05, 0) is 43.6 Å². The first-order chi connectivity index (χ1) is 7.29. The highest BCUT2D eigenvalue weighted by atomic mass is 15.0. The van der Waals surface area contributed by atoms with E-state index in [2.05, 4.69) is 24.5 Å². The van der Waals surface area contributed by atoms with Crippen molar-refractivity contribution in [3.63, 3.8) is 0 Å². The summed E-state index contributed by atoms with van der Waals surface area (Å²) >= 11 is 0. The van der Waals surface area contributed by atoms with Crippen LogP contribution in [0.15, 0.2) is 0 Å². The van der Waals surface area contributed by atoms with Crippen LogP contribution in [0.2, 0.25) is 0 Å². The van der Waals surface area contributed by atoms with Gasteiger partial charge in [0.05, 0.1) is 0 Å². The summed E-state index contributed by atoms with van der Waals surface area (Å²) in [7, 11) is 0. The summed E-state index contributed by atoms with van der Waals surface area (Å²) in [5.74, 6) is 0.998. The molecule has 2 N–H and O–H groups in total. The van der Waals surface area contributed by atoms with Gasteiger partial charge in [0.15, 0.2) is 0 Å². The molecule has 1 aliphatic heterocycles. The highest BCUT2D eigenvalue weighted by Gasteiger charge is 2.38. The van der Waals surface area contributed by atoms with E-state index in [1.165, 1.54) is 51.7 Å². The van der Waals surface area contributed by atoms with Gasteiger partial charge >= 0.3 is 0 Å². The minimum Gasteiger partial charge on any atom is -0.316 e. The normalized spacial score (nSPS) is 39.6. The molecule has 0 bridgehead atoms. The van der Waals surface area contributed by atoms with Crippen molar-refractivity contribution in [1.82, 2.24) is 10.6 Å². The predicted molar refractivity (Wildman–Crippen MR) is 65.0 cm³/mol. The van der Waals surface area contributed by atoms with Crippen LogP contribution in [0.25, 0.3) is 0 Å². The lowest BCUT2D eigenvalue weighted by Crippen LogP contribution is -2.37. The Hall–Kier alpha value is -0.0800. The molecule has 0 aromatic carbocycles. The van der Waals surface area contributed by atoms with Gasteiger partial charge in [-0.3, -0.25) is 0 Å². The lowest BCUT2D eigenvalue weighted by Gasteiger charge is -2.27. The van der Waals surface area contributed by atoms with Gasteiger partial charge in [0, 0.05) is 19.1 Å². The molecule has 2 aliphatic rings. The maximum absolute atomic E-state index is 3.79. The lowest BCUT2D eigenvalue weighted by atomic mass is 9.84. The van der Waals surface area contributed by atoms with Gasteiger partial charge in [0.1, 0.15) is 0 Å². The monoisotopic (exact) mass is 210 g/mol. The third-order valence-corrected chi connectivity index (χ3v) is 4.40. The zero-order valence-corrected chi connectivity index (χ0v) is 10.3. The van der Waals surface area contributed by atoms with Crippen molar-refractivity contribution in [1.29, 1.82) is 0 Å². The van der Waals surface area contributed by atoms with Crippen LogP contribution in [0.5, 0.6) is 0 Å². The Labute approximate surface area is 94.2 Å². The molecule has 3 unspecified atom stereocenters. The van der Waals surface area contributed by atoms with Crippen molar-refractivity contribution in [3.8, 4) is 0 Å². The van der Waals surface area contributed by atoms with Crippen LogP contribution in [-0.2, 0) is 0 Å². The molecule has 2 fully saturated rings. The fourth-order valence-electron chi connectivity index (χ4n) is 2.91. The van der Waals surface area contributed by atoms with Crippen molar-refractivity contribution in [2.24, 2.45) is 11.3 Å². The molecule has 2 heteroatoms. The Bertz CT molecular complexity index is 197. The summed E-state index contributed by atoms with van der Waals surface area (Å²) in [5.41, 5.74) is 0.569. The quantitative estimate of drug-likeness (QED) is 0.702. The standard InChI is InChI=1S/C13H26N2/c1-3-5-11-8-12(11)15-10-13(4-2)6-7-14-9-13/h11-12,14-15H,3-10H2,1-2H3. The SMILES string of the molecule is CCCC1CC1NCC1(CC)CCNC1. The molecule has 1 aliphatic carbocycles. The summed E-state index contributed by atoms with van der Waals surface area (Å²) in [6.45, 7) is 8.32. The largest absolute Gasteiger partial charge is 0.316 e. The first-order valence-electron chi connectivity index (χ1n) is 6.74. The second kappa shape index (κ2) is 4.84. The van der Waals surface area contributed by atoms with Gasteiger partial charge in [-0.25, -0.2) is 0 Å². The first-order valence-corrected chi connectivity index (χ1v) is 6.74. The molecule has 1 saturated heterocycles. The van der Waals surface area contributed by atoms with E-state index in [9.17, 15) is 0 Å². The molecule has 2 rings (SSSR count). The molecule has 3 atom stereocenters. The van der Waals surface area contributed by atoms with Crippen LogP contribution in [0.4, 0.5) is 0 Å². The van der Waals surface area contributed by atoms with Gasteiger partial charge in [-0.1, -0.05) is 20.3 Å². The second-order valence-electron chi connectivity index (χ2n) is 5.55. The average Bonchev–Trinajstić information content (AvgIpc) is 2.83. The van der Waals surface area contributed by atoms with Crippen LogP contribution < -0.4 is 10.6 Å². The van der Waals surface area contributed by atoms with Gasteiger partial charge in [-0.2, -0.15) is 0 Å². The number of nitrogens with one attached hydrogen (secondary N) is 2. The molecule has 0 radical (unpaired) electrons. The highest BCUT2D eigenvalue weighted by Crippen LogP contribution is 2.36. The lowest BCUT2D eigenvalue weighted by molar-refractivity contribution is 0.288. The maximum Gasteiger partial charge on any atom is 0.00993 e. The van der Waals surface area contributed by atoms with E-state index in [1.807, 2.05) is 0 Å². The van der Waals surface area contributed by atoms with Crippen molar-refractivity contribution in [2.45, 2.75) is 52.0 Å². The summed E-state index contributed by atoms with van der Waals surface area (Å²) < 4.78 is 0. The van der Waals surface area contributed by atoms with E-state index in [4.69, 9.17) is 0 Å². The molecule has 88 valence electrons. The Kier molecular flexibility index (Phi) is 3.68. The van der Waals surface area contributed by atoms with E-state index < -0.39 is 0 Å². The van der Waals surface area contributed by atoms with Crippen LogP contribution in [0, 0.1) is 11.3 Å². The van der Waals surface area contributed by atoms with Crippen LogP contribution in [0.3, 0.4) is 0 Å². The topological polar surface area (TPSA) is 24.1 Å². The fraction of sp³-hybridized carbons (Fsp3) is 1.00. The molecule has 0 aromatic rings. The van der Waals surface area contributed by atoms with Crippen molar-refractivity contribution in [2.75, 3.05) is 19.6 Å². The van der Waals surface area contributed by atoms with Gasteiger partial charge < -0.3 is 10.6 Å². The van der Waals surface area contributed by atoms with Crippen molar-refractivity contribution < 1.29 is 0 Å². The summed E-state index contributed by atoms with van der Waals surface area (Å²) in [5, 5.41) is 7.29.